The maximum atomic E-state index is 5.93. The SMILES string of the molecule is Cc1cc([C@@H]2[C@@H](c3ccccn3)NC(=S)N2c2ccc(N3CCOCC3)cc2)c(C)n1C1CC1. The first-order valence-corrected chi connectivity index (χ1v) is 12.6. The fourth-order valence-electron chi connectivity index (χ4n) is 5.59. The average Bonchev–Trinajstić information content (AvgIpc) is 3.58. The third kappa shape index (κ3) is 3.77. The van der Waals surface area contributed by atoms with E-state index >= 15 is 0 Å². The van der Waals surface area contributed by atoms with Crippen molar-refractivity contribution in [3.8, 4) is 0 Å². The summed E-state index contributed by atoms with van der Waals surface area (Å²) < 4.78 is 8.04. The molecule has 0 radical (unpaired) electrons. The van der Waals surface area contributed by atoms with Gasteiger partial charge in [0.05, 0.1) is 31.0 Å². The molecule has 0 spiro atoms. The molecule has 1 aliphatic carbocycles. The normalized spacial score (nSPS) is 22.8. The zero-order chi connectivity index (χ0) is 23.2. The van der Waals surface area contributed by atoms with Crippen LogP contribution in [0.25, 0.3) is 0 Å². The zero-order valence-electron chi connectivity index (χ0n) is 19.8. The Bertz CT molecular complexity index is 1180. The highest BCUT2D eigenvalue weighted by Gasteiger charge is 2.43. The summed E-state index contributed by atoms with van der Waals surface area (Å²) in [6.07, 6.45) is 4.41. The second-order valence-electron chi connectivity index (χ2n) is 9.54. The Morgan fingerprint density at radius 3 is 2.41 bits per heavy atom. The molecule has 4 heterocycles. The molecule has 176 valence electrons. The Morgan fingerprint density at radius 2 is 1.74 bits per heavy atom. The molecule has 1 saturated carbocycles. The Balaban J connectivity index is 1.40. The summed E-state index contributed by atoms with van der Waals surface area (Å²) in [5.74, 6) is 0. The summed E-state index contributed by atoms with van der Waals surface area (Å²) in [5, 5.41) is 4.35. The van der Waals surface area contributed by atoms with Gasteiger partial charge in [0.2, 0.25) is 0 Å². The minimum absolute atomic E-state index is 0.0132. The number of aryl methyl sites for hydroxylation is 1. The number of rotatable bonds is 5. The zero-order valence-corrected chi connectivity index (χ0v) is 20.6. The maximum absolute atomic E-state index is 5.93. The van der Waals surface area contributed by atoms with E-state index in [1.54, 1.807) is 0 Å². The fourth-order valence-corrected chi connectivity index (χ4v) is 5.94. The number of aromatic nitrogens is 2. The van der Waals surface area contributed by atoms with Crippen molar-refractivity contribution in [2.75, 3.05) is 36.1 Å². The molecule has 2 aliphatic heterocycles. The van der Waals surface area contributed by atoms with Gasteiger partial charge in [0.1, 0.15) is 0 Å². The van der Waals surface area contributed by atoms with Crippen LogP contribution >= 0.6 is 12.2 Å². The molecule has 6 nitrogen and oxygen atoms in total. The van der Waals surface area contributed by atoms with Gasteiger partial charge in [-0.05, 0) is 86.9 Å². The number of morpholine rings is 1. The summed E-state index contributed by atoms with van der Waals surface area (Å²) in [6.45, 7) is 7.92. The predicted molar refractivity (Wildman–Crippen MR) is 140 cm³/mol. The second kappa shape index (κ2) is 8.71. The minimum Gasteiger partial charge on any atom is -0.378 e. The number of hydrogen-bond donors (Lipinski definition) is 1. The van der Waals surface area contributed by atoms with E-state index < -0.39 is 0 Å². The van der Waals surface area contributed by atoms with E-state index in [1.807, 2.05) is 12.3 Å². The van der Waals surface area contributed by atoms with Crippen molar-refractivity contribution < 1.29 is 4.74 Å². The van der Waals surface area contributed by atoms with Crippen LogP contribution in [0.4, 0.5) is 11.4 Å². The highest BCUT2D eigenvalue weighted by Crippen LogP contribution is 2.46. The van der Waals surface area contributed by atoms with Gasteiger partial charge in [0.25, 0.3) is 0 Å². The number of ether oxygens (including phenoxy) is 1. The summed E-state index contributed by atoms with van der Waals surface area (Å²) in [5.41, 5.74) is 7.34. The third-order valence-electron chi connectivity index (χ3n) is 7.36. The first kappa shape index (κ1) is 21.6. The lowest BCUT2D eigenvalue weighted by Crippen LogP contribution is -2.36. The summed E-state index contributed by atoms with van der Waals surface area (Å²) in [4.78, 5) is 9.38. The van der Waals surface area contributed by atoms with E-state index in [2.05, 4.69) is 76.0 Å². The number of anilines is 2. The number of hydrogen-bond acceptors (Lipinski definition) is 4. The molecular formula is C27H31N5OS. The monoisotopic (exact) mass is 473 g/mol. The quantitative estimate of drug-likeness (QED) is 0.535. The molecule has 3 fully saturated rings. The Hall–Kier alpha value is -2.90. The van der Waals surface area contributed by atoms with Gasteiger partial charge in [-0.3, -0.25) is 4.98 Å². The van der Waals surface area contributed by atoms with Crippen LogP contribution in [0.2, 0.25) is 0 Å². The van der Waals surface area contributed by atoms with E-state index in [0.717, 1.165) is 42.8 Å². The van der Waals surface area contributed by atoms with Crippen molar-refractivity contribution >= 4 is 28.7 Å². The number of pyridine rings is 1. The van der Waals surface area contributed by atoms with Crippen molar-refractivity contribution in [1.82, 2.24) is 14.9 Å². The standard InChI is InChI=1S/C27H31N5OS/c1-18-17-23(19(2)31(18)21-10-11-21)26-25(24-5-3-4-12-28-24)29-27(34)32(26)22-8-6-20(7-9-22)30-13-15-33-16-14-30/h3-9,12,17,21,25-26H,10-11,13-16H2,1-2H3,(H,29,34)/t25-,26-/m1/s1. The van der Waals surface area contributed by atoms with Gasteiger partial charge < -0.3 is 24.4 Å². The lowest BCUT2D eigenvalue weighted by Gasteiger charge is -2.31. The molecule has 1 aromatic carbocycles. The van der Waals surface area contributed by atoms with Crippen LogP contribution in [0, 0.1) is 13.8 Å². The van der Waals surface area contributed by atoms with Crippen LogP contribution in [-0.4, -0.2) is 41.0 Å². The van der Waals surface area contributed by atoms with E-state index in [4.69, 9.17) is 21.9 Å². The predicted octanol–water partition coefficient (Wildman–Crippen LogP) is 4.85. The Kier molecular flexibility index (Phi) is 5.54. The Morgan fingerprint density at radius 1 is 1.00 bits per heavy atom. The first-order valence-electron chi connectivity index (χ1n) is 12.2. The van der Waals surface area contributed by atoms with Crippen LogP contribution < -0.4 is 15.1 Å². The van der Waals surface area contributed by atoms with Crippen molar-refractivity contribution in [1.29, 1.82) is 0 Å². The molecule has 2 aromatic heterocycles. The highest BCUT2D eigenvalue weighted by atomic mass is 32.1. The molecule has 0 bridgehead atoms. The van der Waals surface area contributed by atoms with Crippen molar-refractivity contribution in [3.63, 3.8) is 0 Å². The number of benzene rings is 1. The maximum Gasteiger partial charge on any atom is 0.174 e. The van der Waals surface area contributed by atoms with Gasteiger partial charge in [-0.2, -0.15) is 0 Å². The fraction of sp³-hybridized carbons (Fsp3) is 0.407. The highest BCUT2D eigenvalue weighted by molar-refractivity contribution is 7.80. The van der Waals surface area contributed by atoms with E-state index in [-0.39, 0.29) is 12.1 Å². The van der Waals surface area contributed by atoms with Gasteiger partial charge in [-0.25, -0.2) is 0 Å². The second-order valence-corrected chi connectivity index (χ2v) is 9.93. The summed E-state index contributed by atoms with van der Waals surface area (Å²) >= 11 is 5.93. The lowest BCUT2D eigenvalue weighted by atomic mass is 9.96. The number of nitrogens with one attached hydrogen (secondary N) is 1. The molecule has 3 aromatic rings. The summed E-state index contributed by atoms with van der Waals surface area (Å²) in [7, 11) is 0. The van der Waals surface area contributed by atoms with Gasteiger partial charge in [0.15, 0.2) is 5.11 Å². The van der Waals surface area contributed by atoms with Gasteiger partial charge in [-0.15, -0.1) is 0 Å². The Labute approximate surface area is 206 Å². The molecule has 0 unspecified atom stereocenters. The van der Waals surface area contributed by atoms with E-state index in [9.17, 15) is 0 Å². The van der Waals surface area contributed by atoms with Crippen LogP contribution in [0.3, 0.4) is 0 Å². The van der Waals surface area contributed by atoms with Crippen molar-refractivity contribution in [2.24, 2.45) is 0 Å². The topological polar surface area (TPSA) is 45.6 Å². The molecular weight excluding hydrogens is 442 g/mol. The largest absolute Gasteiger partial charge is 0.378 e. The first-order chi connectivity index (χ1) is 16.6. The summed E-state index contributed by atoms with van der Waals surface area (Å²) in [6, 6.07) is 18.0. The van der Waals surface area contributed by atoms with Crippen LogP contribution in [0.5, 0.6) is 0 Å². The lowest BCUT2D eigenvalue weighted by molar-refractivity contribution is 0.122. The van der Waals surface area contributed by atoms with Crippen LogP contribution in [0.15, 0.2) is 54.7 Å². The van der Waals surface area contributed by atoms with E-state index in [1.165, 1.54) is 35.5 Å². The minimum atomic E-state index is -0.0132. The third-order valence-corrected chi connectivity index (χ3v) is 7.67. The molecule has 34 heavy (non-hydrogen) atoms. The molecule has 3 aliphatic rings. The number of nitrogens with zero attached hydrogens (tertiary/aromatic N) is 4. The smallest absolute Gasteiger partial charge is 0.174 e. The molecule has 1 N–H and O–H groups in total. The van der Waals surface area contributed by atoms with Crippen LogP contribution in [0.1, 0.15) is 53.6 Å². The van der Waals surface area contributed by atoms with Crippen molar-refractivity contribution in [2.45, 2.75) is 44.8 Å². The molecule has 7 heteroatoms. The molecule has 6 rings (SSSR count). The van der Waals surface area contributed by atoms with Gasteiger partial charge >= 0.3 is 0 Å². The molecule has 2 atom stereocenters. The van der Waals surface area contributed by atoms with Gasteiger partial charge in [0, 0.05) is 48.1 Å². The van der Waals surface area contributed by atoms with Gasteiger partial charge in [-0.1, -0.05) is 6.07 Å². The van der Waals surface area contributed by atoms with Crippen molar-refractivity contribution in [3.05, 3.63) is 77.4 Å². The number of thiocarbonyl (C=S) groups is 1. The molecule has 0 amide bonds. The van der Waals surface area contributed by atoms with Crippen LogP contribution in [-0.2, 0) is 4.74 Å². The average molecular weight is 474 g/mol. The van der Waals surface area contributed by atoms with E-state index in [0.29, 0.717) is 6.04 Å². The molecule has 2 saturated heterocycles.